The van der Waals surface area contributed by atoms with Crippen LogP contribution in [0.25, 0.3) is 0 Å². The third-order valence-electron chi connectivity index (χ3n) is 4.61. The lowest BCUT2D eigenvalue weighted by molar-refractivity contribution is 0.0628. The highest BCUT2D eigenvalue weighted by atomic mass is 32.1. The van der Waals surface area contributed by atoms with Crippen LogP contribution in [0.2, 0.25) is 0 Å². The third kappa shape index (κ3) is 4.04. The molecule has 1 fully saturated rings. The molecule has 2 aromatic heterocycles. The monoisotopic (exact) mass is 382 g/mol. The maximum atomic E-state index is 13.1. The minimum atomic E-state index is -0.256. The van der Waals surface area contributed by atoms with Gasteiger partial charge in [-0.05, 0) is 29.3 Å². The van der Waals surface area contributed by atoms with E-state index < -0.39 is 0 Å². The van der Waals surface area contributed by atoms with Crippen molar-refractivity contribution in [1.29, 1.82) is 0 Å². The molecule has 4 rings (SSSR count). The first-order valence-corrected chi connectivity index (χ1v) is 9.69. The molecular weight excluding hydrogens is 363 g/mol. The molecule has 27 heavy (non-hydrogen) atoms. The summed E-state index contributed by atoms with van der Waals surface area (Å²) in [5, 5.41) is 6.00. The molecule has 5 nitrogen and oxygen atoms in total. The van der Waals surface area contributed by atoms with Crippen molar-refractivity contribution in [1.82, 2.24) is 20.2 Å². The van der Waals surface area contributed by atoms with E-state index in [1.807, 2.05) is 22.4 Å². The molecular formula is C20H19FN4OS. The van der Waals surface area contributed by atoms with Crippen LogP contribution in [0.15, 0.2) is 54.2 Å². The molecule has 0 bridgehead atoms. The first-order valence-electron chi connectivity index (χ1n) is 8.81. The number of nitrogens with one attached hydrogen (secondary N) is 1. The highest BCUT2D eigenvalue weighted by molar-refractivity contribution is 7.09. The zero-order valence-electron chi connectivity index (χ0n) is 14.6. The van der Waals surface area contributed by atoms with Crippen LogP contribution < -0.4 is 5.32 Å². The molecule has 0 spiro atoms. The molecule has 0 saturated carbocycles. The van der Waals surface area contributed by atoms with Gasteiger partial charge in [0.25, 0.3) is 5.91 Å². The van der Waals surface area contributed by atoms with Crippen molar-refractivity contribution in [2.45, 2.75) is 12.5 Å². The summed E-state index contributed by atoms with van der Waals surface area (Å²) in [6.07, 6.45) is 4.12. The van der Waals surface area contributed by atoms with Crippen LogP contribution in [-0.4, -0.2) is 40.4 Å². The quantitative estimate of drug-likeness (QED) is 0.754. The number of benzene rings is 1. The fourth-order valence-electron chi connectivity index (χ4n) is 3.23. The number of hydrogen-bond acceptors (Lipinski definition) is 5. The predicted molar refractivity (Wildman–Crippen MR) is 102 cm³/mol. The highest BCUT2D eigenvalue weighted by Gasteiger charge is 2.30. The van der Waals surface area contributed by atoms with E-state index in [2.05, 4.69) is 15.3 Å². The van der Waals surface area contributed by atoms with E-state index in [4.69, 9.17) is 0 Å². The molecule has 1 aromatic carbocycles. The molecule has 7 heteroatoms. The Bertz CT molecular complexity index is 913. The van der Waals surface area contributed by atoms with E-state index in [1.165, 1.54) is 23.5 Å². The minimum absolute atomic E-state index is 0.0535. The van der Waals surface area contributed by atoms with Gasteiger partial charge in [0.05, 0.1) is 11.0 Å². The Morgan fingerprint density at radius 1 is 1.30 bits per heavy atom. The zero-order chi connectivity index (χ0) is 18.6. The second-order valence-corrected chi connectivity index (χ2v) is 7.38. The predicted octanol–water partition coefficient (Wildman–Crippen LogP) is 3.05. The van der Waals surface area contributed by atoms with Gasteiger partial charge in [0.2, 0.25) is 0 Å². The van der Waals surface area contributed by atoms with Crippen LogP contribution in [0.5, 0.6) is 0 Å². The summed E-state index contributed by atoms with van der Waals surface area (Å²) in [6.45, 7) is 2.09. The Morgan fingerprint density at radius 2 is 2.15 bits per heavy atom. The summed E-state index contributed by atoms with van der Waals surface area (Å²) in [4.78, 5) is 23.6. The van der Waals surface area contributed by atoms with Crippen LogP contribution in [0.3, 0.4) is 0 Å². The Hall–Kier alpha value is -2.64. The molecule has 138 valence electrons. The standard InChI is InChI=1S/C20H19FN4OS/c21-16-5-3-14(4-6-16)10-19-24-17(13-27-19)20(26)25-9-8-23-12-18(25)15-2-1-7-22-11-15/h1-7,11,13,18,23H,8-10,12H2. The van der Waals surface area contributed by atoms with Gasteiger partial charge in [-0.25, -0.2) is 9.37 Å². The molecule has 1 aliphatic rings. The summed E-state index contributed by atoms with van der Waals surface area (Å²) in [6, 6.07) is 10.2. The van der Waals surface area contributed by atoms with Gasteiger partial charge in [0.1, 0.15) is 11.5 Å². The van der Waals surface area contributed by atoms with E-state index in [0.717, 1.165) is 22.7 Å². The molecule has 0 aliphatic carbocycles. The van der Waals surface area contributed by atoms with Crippen molar-refractivity contribution in [3.05, 3.63) is 81.8 Å². The first kappa shape index (κ1) is 17.8. The van der Waals surface area contributed by atoms with Gasteiger partial charge in [-0.1, -0.05) is 18.2 Å². The van der Waals surface area contributed by atoms with E-state index in [-0.39, 0.29) is 17.8 Å². The van der Waals surface area contributed by atoms with Crippen molar-refractivity contribution in [3.63, 3.8) is 0 Å². The molecule has 0 radical (unpaired) electrons. The number of rotatable bonds is 4. The number of carbonyl (C=O) groups is 1. The summed E-state index contributed by atoms with van der Waals surface area (Å²) in [5.41, 5.74) is 2.45. The largest absolute Gasteiger partial charge is 0.328 e. The fourth-order valence-corrected chi connectivity index (χ4v) is 4.03. The van der Waals surface area contributed by atoms with Crippen LogP contribution in [0.1, 0.15) is 32.7 Å². The van der Waals surface area contributed by atoms with Gasteiger partial charge in [0, 0.05) is 43.8 Å². The van der Waals surface area contributed by atoms with Crippen LogP contribution >= 0.6 is 11.3 Å². The minimum Gasteiger partial charge on any atom is -0.328 e. The second kappa shape index (κ2) is 7.94. The molecule has 3 heterocycles. The number of thiazole rings is 1. The summed E-state index contributed by atoms with van der Waals surface area (Å²) >= 11 is 1.46. The molecule has 1 saturated heterocycles. The van der Waals surface area contributed by atoms with Crippen molar-refractivity contribution < 1.29 is 9.18 Å². The zero-order valence-corrected chi connectivity index (χ0v) is 15.5. The van der Waals surface area contributed by atoms with E-state index >= 15 is 0 Å². The number of pyridine rings is 1. The van der Waals surface area contributed by atoms with Gasteiger partial charge < -0.3 is 10.2 Å². The number of amides is 1. The van der Waals surface area contributed by atoms with E-state index in [1.54, 1.807) is 24.5 Å². The lowest BCUT2D eigenvalue weighted by atomic mass is 10.0. The molecule has 1 amide bonds. The van der Waals surface area contributed by atoms with Gasteiger partial charge in [-0.15, -0.1) is 11.3 Å². The number of hydrogen-bond donors (Lipinski definition) is 1. The van der Waals surface area contributed by atoms with Crippen LogP contribution in [-0.2, 0) is 6.42 Å². The van der Waals surface area contributed by atoms with Gasteiger partial charge in [0.15, 0.2) is 0 Å². The maximum absolute atomic E-state index is 13.1. The second-order valence-electron chi connectivity index (χ2n) is 6.43. The smallest absolute Gasteiger partial charge is 0.273 e. The average molecular weight is 382 g/mol. The SMILES string of the molecule is O=C(c1csc(Cc2ccc(F)cc2)n1)N1CCNCC1c1cccnc1. The molecule has 1 atom stereocenters. The molecule has 1 unspecified atom stereocenters. The number of carbonyl (C=O) groups excluding carboxylic acids is 1. The van der Waals surface area contributed by atoms with Crippen LogP contribution in [0.4, 0.5) is 4.39 Å². The third-order valence-corrected chi connectivity index (χ3v) is 5.46. The molecule has 1 aliphatic heterocycles. The fraction of sp³-hybridized carbons (Fsp3) is 0.250. The summed E-state index contributed by atoms with van der Waals surface area (Å²) in [7, 11) is 0. The van der Waals surface area contributed by atoms with Crippen molar-refractivity contribution in [3.8, 4) is 0 Å². The van der Waals surface area contributed by atoms with Crippen molar-refractivity contribution in [2.75, 3.05) is 19.6 Å². The Morgan fingerprint density at radius 3 is 2.93 bits per heavy atom. The highest BCUT2D eigenvalue weighted by Crippen LogP contribution is 2.24. The Balaban J connectivity index is 1.51. The first-order chi connectivity index (χ1) is 13.2. The van der Waals surface area contributed by atoms with Crippen molar-refractivity contribution >= 4 is 17.2 Å². The average Bonchev–Trinajstić information content (AvgIpc) is 3.18. The number of piperazine rings is 1. The number of nitrogens with zero attached hydrogens (tertiary/aromatic N) is 3. The van der Waals surface area contributed by atoms with Gasteiger partial charge in [-0.3, -0.25) is 9.78 Å². The Kier molecular flexibility index (Phi) is 5.22. The number of halogens is 1. The lowest BCUT2D eigenvalue weighted by Crippen LogP contribution is -2.48. The Labute approximate surface area is 160 Å². The summed E-state index contributed by atoms with van der Waals surface area (Å²) < 4.78 is 13.0. The van der Waals surface area contributed by atoms with Crippen molar-refractivity contribution in [2.24, 2.45) is 0 Å². The van der Waals surface area contributed by atoms with Crippen LogP contribution in [0, 0.1) is 5.82 Å². The topological polar surface area (TPSA) is 58.1 Å². The maximum Gasteiger partial charge on any atom is 0.273 e. The normalized spacial score (nSPS) is 17.1. The van der Waals surface area contributed by atoms with Gasteiger partial charge >= 0.3 is 0 Å². The lowest BCUT2D eigenvalue weighted by Gasteiger charge is -2.36. The number of aromatic nitrogens is 2. The van der Waals surface area contributed by atoms with Gasteiger partial charge in [-0.2, -0.15) is 0 Å². The van der Waals surface area contributed by atoms with E-state index in [0.29, 0.717) is 25.2 Å². The molecule has 3 aromatic rings. The molecule has 1 N–H and O–H groups in total. The summed E-state index contributed by atoms with van der Waals surface area (Å²) in [5.74, 6) is -0.319. The van der Waals surface area contributed by atoms with E-state index in [9.17, 15) is 9.18 Å².